The number of carbonyl (C=O) groups excluding carboxylic acids is 1. The molecule has 0 saturated carbocycles. The molecule has 0 spiro atoms. The second-order valence-corrected chi connectivity index (χ2v) is 9.58. The lowest BCUT2D eigenvalue weighted by molar-refractivity contribution is -0.122. The first kappa shape index (κ1) is 23.6. The largest absolute Gasteiger partial charge is 0.495 e. The number of benzene rings is 3. The van der Waals surface area contributed by atoms with E-state index in [2.05, 4.69) is 5.32 Å². The lowest BCUT2D eigenvalue weighted by Gasteiger charge is -2.30. The smallest absolute Gasteiger partial charge is 0.244 e. The van der Waals surface area contributed by atoms with E-state index in [0.29, 0.717) is 5.75 Å². The van der Waals surface area contributed by atoms with Gasteiger partial charge in [-0.15, -0.1) is 0 Å². The maximum atomic E-state index is 13.3. The van der Waals surface area contributed by atoms with Crippen LogP contribution in [0.25, 0.3) is 0 Å². The van der Waals surface area contributed by atoms with Crippen molar-refractivity contribution in [3.05, 3.63) is 95.0 Å². The predicted octanol–water partition coefficient (Wildman–Crippen LogP) is 4.41. The molecule has 0 aliphatic carbocycles. The van der Waals surface area contributed by atoms with Gasteiger partial charge in [0.1, 0.15) is 11.8 Å². The van der Waals surface area contributed by atoms with E-state index in [9.17, 15) is 13.2 Å². The van der Waals surface area contributed by atoms with Crippen LogP contribution in [0.4, 0.5) is 5.69 Å². The number of hydrogen-bond acceptors (Lipinski definition) is 4. The molecular formula is C24H25ClN2O4S. The predicted molar refractivity (Wildman–Crippen MR) is 128 cm³/mol. The van der Waals surface area contributed by atoms with Crippen LogP contribution in [-0.2, 0) is 14.8 Å². The summed E-state index contributed by atoms with van der Waals surface area (Å²) in [6.07, 6.45) is 1.06. The zero-order valence-corrected chi connectivity index (χ0v) is 19.6. The summed E-state index contributed by atoms with van der Waals surface area (Å²) < 4.78 is 31.5. The van der Waals surface area contributed by atoms with Gasteiger partial charge in [0.15, 0.2) is 0 Å². The third-order valence-corrected chi connectivity index (χ3v) is 6.57. The topological polar surface area (TPSA) is 75.7 Å². The van der Waals surface area contributed by atoms with Crippen LogP contribution in [0.2, 0.25) is 5.02 Å². The first-order valence-electron chi connectivity index (χ1n) is 9.95. The van der Waals surface area contributed by atoms with E-state index in [1.165, 1.54) is 13.2 Å². The number of rotatable bonds is 8. The van der Waals surface area contributed by atoms with Gasteiger partial charge in [0.2, 0.25) is 15.9 Å². The lowest BCUT2D eigenvalue weighted by Crippen LogP contribution is -2.48. The molecule has 0 aliphatic rings. The first-order valence-corrected chi connectivity index (χ1v) is 12.2. The third-order valence-electron chi connectivity index (χ3n) is 5.03. The van der Waals surface area contributed by atoms with Gasteiger partial charge in [-0.05, 0) is 36.2 Å². The molecule has 0 heterocycles. The molecule has 0 unspecified atom stereocenters. The molecule has 0 bridgehead atoms. The van der Waals surface area contributed by atoms with E-state index in [4.69, 9.17) is 16.3 Å². The van der Waals surface area contributed by atoms with Crippen LogP contribution in [0.15, 0.2) is 78.9 Å². The highest BCUT2D eigenvalue weighted by Gasteiger charge is 2.31. The Bertz CT molecular complexity index is 1130. The fourth-order valence-corrected chi connectivity index (χ4v) is 4.93. The van der Waals surface area contributed by atoms with Crippen molar-refractivity contribution in [2.45, 2.75) is 19.0 Å². The average molecular weight is 473 g/mol. The Hall–Kier alpha value is -3.03. The molecule has 0 aliphatic heterocycles. The van der Waals surface area contributed by atoms with Gasteiger partial charge in [-0.2, -0.15) is 0 Å². The van der Waals surface area contributed by atoms with Crippen molar-refractivity contribution < 1.29 is 17.9 Å². The summed E-state index contributed by atoms with van der Waals surface area (Å²) in [5.74, 6) is -0.0331. The fourth-order valence-electron chi connectivity index (χ4n) is 3.51. The summed E-state index contributed by atoms with van der Waals surface area (Å²) in [5, 5.41) is 3.25. The van der Waals surface area contributed by atoms with E-state index in [1.54, 1.807) is 19.1 Å². The summed E-state index contributed by atoms with van der Waals surface area (Å²) in [5.41, 5.74) is 2.05. The molecule has 32 heavy (non-hydrogen) atoms. The van der Waals surface area contributed by atoms with Gasteiger partial charge in [0, 0.05) is 0 Å². The van der Waals surface area contributed by atoms with Crippen LogP contribution in [0, 0.1) is 0 Å². The number of carbonyl (C=O) groups is 1. The highest BCUT2D eigenvalue weighted by Crippen LogP contribution is 2.31. The molecule has 0 radical (unpaired) electrons. The zero-order valence-electron chi connectivity index (χ0n) is 18.0. The molecule has 6 nitrogen and oxygen atoms in total. The first-order chi connectivity index (χ1) is 15.2. The van der Waals surface area contributed by atoms with Crippen molar-refractivity contribution in [1.82, 2.24) is 5.32 Å². The number of sulfonamides is 1. The van der Waals surface area contributed by atoms with Crippen LogP contribution in [0.1, 0.15) is 24.1 Å². The second-order valence-electron chi connectivity index (χ2n) is 7.32. The van der Waals surface area contributed by atoms with Gasteiger partial charge < -0.3 is 10.1 Å². The molecule has 3 rings (SSSR count). The lowest BCUT2D eigenvalue weighted by atomic mass is 9.98. The molecule has 8 heteroatoms. The molecule has 1 N–H and O–H groups in total. The SMILES string of the molecule is COc1ccc(N([C@@H](C)C(=O)NC(c2ccccc2)c2ccccc2)S(C)(=O)=O)cc1Cl. The molecule has 0 saturated heterocycles. The number of ether oxygens (including phenoxy) is 1. The number of nitrogens with one attached hydrogen (secondary N) is 1. The number of amides is 1. The Kier molecular flexibility index (Phi) is 7.43. The Morgan fingerprint density at radius 2 is 1.50 bits per heavy atom. The highest BCUT2D eigenvalue weighted by atomic mass is 35.5. The van der Waals surface area contributed by atoms with Crippen LogP contribution in [0.3, 0.4) is 0 Å². The van der Waals surface area contributed by atoms with Crippen molar-refractivity contribution in [3.63, 3.8) is 0 Å². The molecule has 3 aromatic carbocycles. The van der Waals surface area contributed by atoms with E-state index < -0.39 is 28.0 Å². The van der Waals surface area contributed by atoms with Crippen LogP contribution >= 0.6 is 11.6 Å². The number of nitrogens with zero attached hydrogens (tertiary/aromatic N) is 1. The van der Waals surface area contributed by atoms with Crippen molar-refractivity contribution in [1.29, 1.82) is 0 Å². The maximum Gasteiger partial charge on any atom is 0.244 e. The van der Waals surface area contributed by atoms with Crippen LogP contribution in [0.5, 0.6) is 5.75 Å². The molecule has 1 amide bonds. The van der Waals surface area contributed by atoms with Gasteiger partial charge in [0.25, 0.3) is 0 Å². The molecule has 168 valence electrons. The van der Waals surface area contributed by atoms with Crippen molar-refractivity contribution in [2.24, 2.45) is 0 Å². The van der Waals surface area contributed by atoms with Gasteiger partial charge in [-0.25, -0.2) is 8.42 Å². The standard InChI is InChI=1S/C24H25ClN2O4S/c1-17(27(32(3,29)30)20-14-15-22(31-2)21(25)16-20)24(28)26-23(18-10-6-4-7-11-18)19-12-8-5-9-13-19/h4-17,23H,1-3H3,(H,26,28)/t17-/m0/s1. The fraction of sp³-hybridized carbons (Fsp3) is 0.208. The van der Waals surface area contributed by atoms with Gasteiger partial charge in [0.05, 0.1) is 30.1 Å². The molecular weight excluding hydrogens is 448 g/mol. The Labute approximate surface area is 193 Å². The second kappa shape index (κ2) is 10.1. The molecule has 0 aromatic heterocycles. The number of hydrogen-bond donors (Lipinski definition) is 1. The van der Waals surface area contributed by atoms with Crippen LogP contribution < -0.4 is 14.4 Å². The highest BCUT2D eigenvalue weighted by molar-refractivity contribution is 7.92. The summed E-state index contributed by atoms with van der Waals surface area (Å²) >= 11 is 6.21. The van der Waals surface area contributed by atoms with Gasteiger partial charge >= 0.3 is 0 Å². The normalized spacial score (nSPS) is 12.3. The minimum Gasteiger partial charge on any atom is -0.495 e. The van der Waals surface area contributed by atoms with Crippen LogP contribution in [-0.4, -0.2) is 33.7 Å². The molecule has 1 atom stereocenters. The number of anilines is 1. The van der Waals surface area contributed by atoms with E-state index >= 15 is 0 Å². The quantitative estimate of drug-likeness (QED) is 0.527. The molecule has 3 aromatic rings. The van der Waals surface area contributed by atoms with E-state index in [0.717, 1.165) is 21.7 Å². The van der Waals surface area contributed by atoms with Crippen molar-refractivity contribution in [3.8, 4) is 5.75 Å². The zero-order chi connectivity index (χ0) is 23.3. The Balaban J connectivity index is 1.95. The average Bonchev–Trinajstić information content (AvgIpc) is 2.77. The summed E-state index contributed by atoms with van der Waals surface area (Å²) in [6.45, 7) is 1.54. The van der Waals surface area contributed by atoms with E-state index in [1.807, 2.05) is 60.7 Å². The number of halogens is 1. The van der Waals surface area contributed by atoms with Gasteiger partial charge in [-0.1, -0.05) is 72.3 Å². The summed E-state index contributed by atoms with van der Waals surface area (Å²) in [6, 6.07) is 22.2. The monoisotopic (exact) mass is 472 g/mol. The minimum absolute atomic E-state index is 0.248. The third kappa shape index (κ3) is 5.41. The minimum atomic E-state index is -3.79. The Morgan fingerprint density at radius 1 is 0.969 bits per heavy atom. The van der Waals surface area contributed by atoms with Crippen molar-refractivity contribution in [2.75, 3.05) is 17.7 Å². The maximum absolute atomic E-state index is 13.3. The van der Waals surface area contributed by atoms with Crippen molar-refractivity contribution >= 4 is 33.2 Å². The summed E-state index contributed by atoms with van der Waals surface area (Å²) in [7, 11) is -2.32. The number of methoxy groups -OCH3 is 1. The van der Waals surface area contributed by atoms with E-state index in [-0.39, 0.29) is 10.7 Å². The van der Waals surface area contributed by atoms with Gasteiger partial charge in [-0.3, -0.25) is 9.10 Å². The Morgan fingerprint density at radius 3 is 1.94 bits per heavy atom. The molecule has 0 fully saturated rings. The summed E-state index contributed by atoms with van der Waals surface area (Å²) in [4.78, 5) is 13.3.